The highest BCUT2D eigenvalue weighted by Crippen LogP contribution is 2.32. The number of hydrogen-bond acceptors (Lipinski definition) is 2. The van der Waals surface area contributed by atoms with E-state index in [0.29, 0.717) is 19.5 Å². The van der Waals surface area contributed by atoms with E-state index >= 15 is 0 Å². The van der Waals surface area contributed by atoms with Crippen LogP contribution in [0.15, 0.2) is 53.7 Å². The van der Waals surface area contributed by atoms with Crippen LogP contribution in [0.25, 0.3) is 10.9 Å². The zero-order valence-corrected chi connectivity index (χ0v) is 17.0. The lowest BCUT2D eigenvalue weighted by Crippen LogP contribution is -2.38. The number of guanidine groups is 1. The molecule has 0 saturated heterocycles. The normalized spacial score (nSPS) is 16.3. The highest BCUT2D eigenvalue weighted by atomic mass is 19.1. The molecular formula is C23H26FN5O. The summed E-state index contributed by atoms with van der Waals surface area (Å²) in [6, 6.07) is 12.7. The summed E-state index contributed by atoms with van der Waals surface area (Å²) in [6.45, 7) is 4.00. The first-order chi connectivity index (χ1) is 14.6. The number of fused-ring (bicyclic) bond motifs is 2. The number of nitrogens with zero attached hydrogens (tertiary/aromatic N) is 1. The zero-order chi connectivity index (χ0) is 20.9. The number of hydrogen-bond donors (Lipinski definition) is 4. The molecule has 30 heavy (non-hydrogen) atoms. The number of amides is 1. The second-order valence-electron chi connectivity index (χ2n) is 7.44. The van der Waals surface area contributed by atoms with E-state index in [1.807, 2.05) is 31.3 Å². The molecule has 1 unspecified atom stereocenters. The fourth-order valence-electron chi connectivity index (χ4n) is 3.89. The van der Waals surface area contributed by atoms with Crippen LogP contribution in [0, 0.1) is 5.82 Å². The molecule has 0 bridgehead atoms. The Morgan fingerprint density at radius 1 is 1.23 bits per heavy atom. The molecule has 4 N–H and O–H groups in total. The molecule has 1 aliphatic heterocycles. The van der Waals surface area contributed by atoms with Crippen molar-refractivity contribution in [2.75, 3.05) is 25.0 Å². The summed E-state index contributed by atoms with van der Waals surface area (Å²) in [6.07, 6.45) is 3.14. The molecule has 156 valence electrons. The van der Waals surface area contributed by atoms with Gasteiger partial charge in [-0.15, -0.1) is 0 Å². The molecule has 7 heteroatoms. The number of halogens is 1. The van der Waals surface area contributed by atoms with Crippen molar-refractivity contribution >= 4 is 28.5 Å². The molecule has 2 aromatic carbocycles. The summed E-state index contributed by atoms with van der Waals surface area (Å²) >= 11 is 0. The molecule has 6 nitrogen and oxygen atoms in total. The molecule has 0 aliphatic carbocycles. The first kappa shape index (κ1) is 19.9. The SMILES string of the molecule is CCNC(=NCC1CC(=O)Nc2ccccc21)NCCc1c[nH]c2cc(F)ccc12. The summed E-state index contributed by atoms with van der Waals surface area (Å²) in [7, 11) is 0. The Bertz CT molecular complexity index is 1070. The maximum Gasteiger partial charge on any atom is 0.225 e. The average molecular weight is 407 g/mol. The van der Waals surface area contributed by atoms with E-state index in [9.17, 15) is 9.18 Å². The average Bonchev–Trinajstić information content (AvgIpc) is 3.13. The van der Waals surface area contributed by atoms with Crippen LogP contribution in [0.5, 0.6) is 0 Å². The minimum absolute atomic E-state index is 0.0302. The molecule has 1 aliphatic rings. The Balaban J connectivity index is 1.40. The fourth-order valence-corrected chi connectivity index (χ4v) is 3.89. The largest absolute Gasteiger partial charge is 0.361 e. The summed E-state index contributed by atoms with van der Waals surface area (Å²) < 4.78 is 13.4. The summed E-state index contributed by atoms with van der Waals surface area (Å²) in [5.74, 6) is 0.581. The van der Waals surface area contributed by atoms with Crippen molar-refractivity contribution in [3.05, 3.63) is 65.6 Å². The zero-order valence-electron chi connectivity index (χ0n) is 17.0. The van der Waals surface area contributed by atoms with Gasteiger partial charge in [-0.25, -0.2) is 4.39 Å². The van der Waals surface area contributed by atoms with E-state index in [1.54, 1.807) is 6.07 Å². The standard InChI is InChI=1S/C23H26FN5O/c1-2-25-23(26-10-9-15-13-27-21-12-17(24)7-8-19(15)21)28-14-16-11-22(30)29-20-6-4-3-5-18(16)20/h3-8,12-13,16,27H,2,9-11,14H2,1H3,(H,29,30)(H2,25,26,28). The third-order valence-electron chi connectivity index (χ3n) is 5.34. The van der Waals surface area contributed by atoms with Gasteiger partial charge < -0.3 is 20.9 Å². The second kappa shape index (κ2) is 8.98. The number of anilines is 1. The number of benzene rings is 2. The summed E-state index contributed by atoms with van der Waals surface area (Å²) in [4.78, 5) is 19.9. The molecule has 4 rings (SSSR count). The Hall–Kier alpha value is -3.35. The van der Waals surface area contributed by atoms with Crippen molar-refractivity contribution < 1.29 is 9.18 Å². The molecule has 0 saturated carbocycles. The number of nitrogens with one attached hydrogen (secondary N) is 4. The van der Waals surface area contributed by atoms with Crippen molar-refractivity contribution in [2.24, 2.45) is 4.99 Å². The van der Waals surface area contributed by atoms with Gasteiger partial charge in [0.05, 0.1) is 6.54 Å². The van der Waals surface area contributed by atoms with Crippen molar-refractivity contribution in [3.8, 4) is 0 Å². The molecule has 1 amide bonds. The Morgan fingerprint density at radius 3 is 2.97 bits per heavy atom. The molecule has 2 heterocycles. The predicted molar refractivity (Wildman–Crippen MR) is 118 cm³/mol. The van der Waals surface area contributed by atoms with Crippen LogP contribution in [0.2, 0.25) is 0 Å². The van der Waals surface area contributed by atoms with Gasteiger partial charge in [0.1, 0.15) is 5.82 Å². The smallest absolute Gasteiger partial charge is 0.225 e. The third-order valence-corrected chi connectivity index (χ3v) is 5.34. The lowest BCUT2D eigenvalue weighted by Gasteiger charge is -2.24. The Labute approximate surface area is 175 Å². The molecule has 0 fully saturated rings. The lowest BCUT2D eigenvalue weighted by molar-refractivity contribution is -0.116. The van der Waals surface area contributed by atoms with E-state index in [1.165, 1.54) is 12.1 Å². The quantitative estimate of drug-likeness (QED) is 0.373. The molecule has 1 aromatic heterocycles. The monoisotopic (exact) mass is 407 g/mol. The maximum atomic E-state index is 13.4. The van der Waals surface area contributed by atoms with Gasteiger partial charge in [-0.1, -0.05) is 18.2 Å². The Morgan fingerprint density at radius 2 is 2.10 bits per heavy atom. The van der Waals surface area contributed by atoms with Gasteiger partial charge >= 0.3 is 0 Å². The number of para-hydroxylation sites is 1. The fraction of sp³-hybridized carbons (Fsp3) is 0.304. The highest BCUT2D eigenvalue weighted by Gasteiger charge is 2.24. The van der Waals surface area contributed by atoms with E-state index in [-0.39, 0.29) is 17.6 Å². The van der Waals surface area contributed by atoms with Crippen LogP contribution < -0.4 is 16.0 Å². The van der Waals surface area contributed by atoms with E-state index in [4.69, 9.17) is 4.99 Å². The van der Waals surface area contributed by atoms with Crippen LogP contribution in [-0.2, 0) is 11.2 Å². The number of carbonyl (C=O) groups excluding carboxylic acids is 1. The number of aliphatic imine (C=N–C) groups is 1. The van der Waals surface area contributed by atoms with Gasteiger partial charge in [-0.05, 0) is 48.7 Å². The van der Waals surface area contributed by atoms with Gasteiger partial charge in [0.25, 0.3) is 0 Å². The van der Waals surface area contributed by atoms with E-state index < -0.39 is 0 Å². The molecule has 0 radical (unpaired) electrons. The second-order valence-corrected chi connectivity index (χ2v) is 7.44. The van der Waals surface area contributed by atoms with Crippen LogP contribution >= 0.6 is 0 Å². The Kier molecular flexibility index (Phi) is 5.97. The van der Waals surface area contributed by atoms with Crippen molar-refractivity contribution in [2.45, 2.75) is 25.7 Å². The number of rotatable bonds is 6. The molecule has 0 spiro atoms. The lowest BCUT2D eigenvalue weighted by atomic mass is 9.91. The number of aromatic nitrogens is 1. The van der Waals surface area contributed by atoms with E-state index in [2.05, 4.69) is 27.0 Å². The number of H-pyrrole nitrogens is 1. The topological polar surface area (TPSA) is 81.3 Å². The molecule has 1 atom stereocenters. The molecule has 3 aromatic rings. The first-order valence-electron chi connectivity index (χ1n) is 10.3. The minimum Gasteiger partial charge on any atom is -0.361 e. The van der Waals surface area contributed by atoms with Gasteiger partial charge in [-0.3, -0.25) is 9.79 Å². The highest BCUT2D eigenvalue weighted by molar-refractivity contribution is 5.94. The predicted octanol–water partition coefficient (Wildman–Crippen LogP) is 3.53. The van der Waals surface area contributed by atoms with Gasteiger partial charge in [0.2, 0.25) is 5.91 Å². The van der Waals surface area contributed by atoms with Crippen LogP contribution in [0.1, 0.15) is 30.4 Å². The van der Waals surface area contributed by atoms with Crippen molar-refractivity contribution in [1.29, 1.82) is 0 Å². The van der Waals surface area contributed by atoms with Gasteiger partial charge in [0.15, 0.2) is 5.96 Å². The van der Waals surface area contributed by atoms with Crippen LogP contribution in [0.3, 0.4) is 0 Å². The van der Waals surface area contributed by atoms with Gasteiger partial charge in [-0.2, -0.15) is 0 Å². The minimum atomic E-state index is -0.242. The first-order valence-corrected chi connectivity index (χ1v) is 10.3. The third kappa shape index (κ3) is 4.45. The number of carbonyl (C=O) groups is 1. The summed E-state index contributed by atoms with van der Waals surface area (Å²) in [5, 5.41) is 10.6. The van der Waals surface area contributed by atoms with Crippen molar-refractivity contribution in [1.82, 2.24) is 15.6 Å². The van der Waals surface area contributed by atoms with Crippen molar-refractivity contribution in [3.63, 3.8) is 0 Å². The maximum absolute atomic E-state index is 13.4. The van der Waals surface area contributed by atoms with Crippen LogP contribution in [0.4, 0.5) is 10.1 Å². The molecular weight excluding hydrogens is 381 g/mol. The van der Waals surface area contributed by atoms with E-state index in [0.717, 1.165) is 46.6 Å². The summed E-state index contributed by atoms with van der Waals surface area (Å²) in [5.41, 5.74) is 3.94. The van der Waals surface area contributed by atoms with Crippen LogP contribution in [-0.4, -0.2) is 36.5 Å². The van der Waals surface area contributed by atoms with Gasteiger partial charge in [0, 0.05) is 48.2 Å². The number of aromatic amines is 1.